The Balaban J connectivity index is 1.12. The monoisotopic (exact) mass is 2040 g/mol. The molecule has 0 saturated carbocycles. The number of phenols is 1. The molecule has 2 aromatic heterocycles. The third-order valence-electron chi connectivity index (χ3n) is 26.1. The van der Waals surface area contributed by atoms with Gasteiger partial charge in [0.05, 0.1) is 24.8 Å². The summed E-state index contributed by atoms with van der Waals surface area (Å²) < 4.78 is 7.29. The van der Waals surface area contributed by atoms with Gasteiger partial charge in [0.2, 0.25) is 100 Å². The Morgan fingerprint density at radius 2 is 1.22 bits per heavy atom. The van der Waals surface area contributed by atoms with E-state index in [2.05, 4.69) is 63.5 Å². The number of carbonyl (C=O) groups is 18. The van der Waals surface area contributed by atoms with Gasteiger partial charge in [-0.25, -0.2) is 0 Å². The van der Waals surface area contributed by atoms with Gasteiger partial charge in [0.1, 0.15) is 96.9 Å². The molecule has 21 N–H and O–H groups in total. The number of nitrogens with zero attached hydrogens (tertiary/aromatic N) is 6. The lowest BCUT2D eigenvalue weighted by Crippen LogP contribution is -2.62. The number of nitrogens with one attached hydrogen (secondary N) is 12. The summed E-state index contributed by atoms with van der Waals surface area (Å²) in [6.45, 7) is 8.75. The third kappa shape index (κ3) is 30.4. The highest BCUT2D eigenvalue weighted by molar-refractivity contribution is 8.00. The number of fused-ring (bicyclic) bond motifs is 11. The lowest BCUT2D eigenvalue weighted by atomic mass is 9.76. The topological polar surface area (TPSA) is 624 Å². The van der Waals surface area contributed by atoms with Gasteiger partial charge in [0.25, 0.3) is 0 Å². The average molecular weight is 2040 g/mol. The van der Waals surface area contributed by atoms with Crippen molar-refractivity contribution in [2.45, 2.75) is 255 Å². The van der Waals surface area contributed by atoms with Crippen LogP contribution in [-0.4, -0.2) is 319 Å². The van der Waals surface area contributed by atoms with Crippen LogP contribution in [0.25, 0.3) is 21.8 Å². The fourth-order valence-electron chi connectivity index (χ4n) is 18.3. The van der Waals surface area contributed by atoms with Gasteiger partial charge in [0, 0.05) is 123 Å². The van der Waals surface area contributed by atoms with E-state index in [9.17, 15) is 53.6 Å². The molecule has 17 amide bonds. The number of halogens is 1. The minimum absolute atomic E-state index is 0.0117. The second-order valence-corrected chi connectivity index (χ2v) is 39.5. The number of aliphatic hydroxyl groups excluding tert-OH is 1. The van der Waals surface area contributed by atoms with E-state index in [0.717, 1.165) is 31.4 Å². The van der Waals surface area contributed by atoms with Gasteiger partial charge in [-0.2, -0.15) is 0 Å². The summed E-state index contributed by atoms with van der Waals surface area (Å²) in [5.74, 6) is -19.0. The third-order valence-corrected chi connectivity index (χ3v) is 27.4. The Kier molecular flexibility index (Phi) is 41.4. The fraction of sp³-hybridized carbons (Fsp3) is 0.531. The highest BCUT2D eigenvalue weighted by Gasteiger charge is 2.47. The number of aromatic nitrogens is 2. The molecule has 2 fully saturated rings. The van der Waals surface area contributed by atoms with Gasteiger partial charge in [-0.15, -0.1) is 11.8 Å². The summed E-state index contributed by atoms with van der Waals surface area (Å²) in [5.41, 5.74) is 19.9. The number of amides is 17. The summed E-state index contributed by atoms with van der Waals surface area (Å²) >= 11 is 7.46. The fourth-order valence-corrected chi connectivity index (χ4v) is 19.4. The number of H-pyrrole nitrogens is 1. The molecule has 4 aliphatic rings. The molecule has 0 unspecified atom stereocenters. The summed E-state index contributed by atoms with van der Waals surface area (Å²) in [7, 11) is 1.85. The van der Waals surface area contributed by atoms with Gasteiger partial charge >= 0.3 is 13.1 Å². The number of thioether (sulfide) groups is 1. The molecule has 15 atom stereocenters. The van der Waals surface area contributed by atoms with Gasteiger partial charge in [-0.1, -0.05) is 133 Å². The molecule has 144 heavy (non-hydrogen) atoms. The zero-order valence-electron chi connectivity index (χ0n) is 82.7. The molecule has 46 heteroatoms. The predicted octanol–water partition coefficient (Wildman–Crippen LogP) is -1.59. The quantitative estimate of drug-likeness (QED) is 0.0361. The lowest BCUT2D eigenvalue weighted by molar-refractivity contribution is -0.149. The first-order valence-electron chi connectivity index (χ1n) is 48.7. The van der Waals surface area contributed by atoms with Crippen LogP contribution in [0.1, 0.15) is 154 Å². The number of carbonyl (C=O) groups excluding carboxylic acids is 18. The number of likely N-dealkylation sites (N-methyl/N-ethyl adjacent to an activating group) is 3. The van der Waals surface area contributed by atoms with Crippen LogP contribution in [0.4, 0.5) is 0 Å². The van der Waals surface area contributed by atoms with Crippen LogP contribution in [-0.2, 0) is 123 Å². The van der Waals surface area contributed by atoms with Crippen molar-refractivity contribution in [3.05, 3.63) is 131 Å². The van der Waals surface area contributed by atoms with Crippen LogP contribution >= 0.6 is 23.4 Å². The molecule has 0 spiro atoms. The summed E-state index contributed by atoms with van der Waals surface area (Å²) in [6.07, 6.45) is 0.477. The number of rotatable bonds is 21. The average Bonchev–Trinajstić information content (AvgIpc) is 1.62. The summed E-state index contributed by atoms with van der Waals surface area (Å²) in [6, 6.07) is 1.37. The number of primary amides is 2. The molecule has 4 bridgehead atoms. The number of aliphatic hydroxyl groups is 1. The van der Waals surface area contributed by atoms with E-state index in [1.165, 1.54) is 86.2 Å². The van der Waals surface area contributed by atoms with E-state index in [-0.39, 0.29) is 105 Å². The SMILES string of the molecule is CCCC[C@H]1C(=O)N(C)[C@@H](CCCC)C(=O)N[C@@H](CC(C)C)C(=O)N[C@H](C(=O)NCC(N)=O)CSCC(=O)N[C@@H](Cc2ccc(O)cc2)C(=O)N(C)[C@@H](C)C(=O)N[C@@H](CC(N)=O)C(=O)N2CCC[C@H]2C(=O)N[C@H]2CNCc3cc(Cl)ccc3B(O)OC(=O)Cn3cc(c4ccccc43)C[C@H](NC(=O)[C@H](CCN)NC(=O)[C@H](Cc3c[nH]c4ccccc34)NC(=O)[C@@H]3C[C@@H](O)CN3C(=O)[C@H](CC(C)C)NC2=O)C(=O)N1C. The van der Waals surface area contributed by atoms with E-state index in [4.69, 9.17) is 33.5 Å². The minimum atomic E-state index is -2.06. The number of benzene rings is 4. The van der Waals surface area contributed by atoms with Gasteiger partial charge in [-0.05, 0) is 129 Å². The van der Waals surface area contributed by atoms with E-state index in [1.54, 1.807) is 82.4 Å². The van der Waals surface area contributed by atoms with Crippen molar-refractivity contribution in [3.63, 3.8) is 0 Å². The Bertz CT molecular complexity index is 5650. The van der Waals surface area contributed by atoms with Gasteiger partial charge in [0.15, 0.2) is 0 Å². The maximum absolute atomic E-state index is 16.3. The molecule has 0 aliphatic carbocycles. The van der Waals surface area contributed by atoms with Crippen molar-refractivity contribution < 1.29 is 106 Å². The minimum Gasteiger partial charge on any atom is -0.508 e. The normalized spacial score (nSPS) is 24.8. The molecule has 43 nitrogen and oxygen atoms in total. The van der Waals surface area contributed by atoms with E-state index in [0.29, 0.717) is 64.2 Å². The Hall–Kier alpha value is -13.2. The van der Waals surface area contributed by atoms with Crippen LogP contribution in [0.2, 0.25) is 5.02 Å². The van der Waals surface area contributed by atoms with Gasteiger partial charge < -0.3 is 130 Å². The Labute approximate surface area is 844 Å². The number of hydrogen-bond acceptors (Lipinski definition) is 25. The van der Waals surface area contributed by atoms with Crippen molar-refractivity contribution in [2.24, 2.45) is 29.0 Å². The molecule has 4 aromatic carbocycles. The van der Waals surface area contributed by atoms with Crippen molar-refractivity contribution in [2.75, 3.05) is 65.4 Å². The Morgan fingerprint density at radius 3 is 1.90 bits per heavy atom. The van der Waals surface area contributed by atoms with E-state index in [1.807, 2.05) is 13.8 Å². The molecule has 780 valence electrons. The molecule has 0 radical (unpaired) electrons. The number of aromatic amines is 1. The maximum atomic E-state index is 16.3. The predicted molar refractivity (Wildman–Crippen MR) is 535 cm³/mol. The largest absolute Gasteiger partial charge is 0.562 e. The number of phenolic OH excluding ortho intramolecular Hbond substituents is 1. The van der Waals surface area contributed by atoms with Crippen molar-refractivity contribution in [1.29, 1.82) is 0 Å². The molecular weight excluding hydrogens is 1900 g/mol. The number of nitrogens with two attached hydrogens (primary N) is 3. The molecule has 10 rings (SSSR count). The highest BCUT2D eigenvalue weighted by Crippen LogP contribution is 2.30. The smallest absolute Gasteiger partial charge is 0.508 e. The number of hydrogen-bond donors (Lipinski definition) is 18. The van der Waals surface area contributed by atoms with Crippen LogP contribution in [0.5, 0.6) is 5.75 Å². The van der Waals surface area contributed by atoms with Crippen LogP contribution < -0.4 is 81.1 Å². The first-order valence-corrected chi connectivity index (χ1v) is 50.2. The first kappa shape index (κ1) is 113. The van der Waals surface area contributed by atoms with Crippen LogP contribution in [0.15, 0.2) is 103 Å². The van der Waals surface area contributed by atoms with Crippen molar-refractivity contribution >= 4 is 164 Å². The lowest BCUT2D eigenvalue weighted by Gasteiger charge is -2.36. The number of unbranched alkanes of at least 4 members (excludes halogenated alkanes) is 2. The van der Waals surface area contributed by atoms with Crippen molar-refractivity contribution in [1.82, 2.24) is 92.5 Å². The second kappa shape index (κ2) is 52.9. The molecule has 2 saturated heterocycles. The maximum Gasteiger partial charge on any atom is 0.562 e. The van der Waals surface area contributed by atoms with Crippen molar-refractivity contribution in [3.8, 4) is 5.75 Å². The second-order valence-electron chi connectivity index (χ2n) is 38.0. The first-order chi connectivity index (χ1) is 68.5. The Morgan fingerprint density at radius 1 is 0.604 bits per heavy atom. The molecule has 6 heterocycles. The molecule has 4 aliphatic heterocycles. The molecule has 6 aromatic rings. The zero-order chi connectivity index (χ0) is 105. The number of aromatic hydroxyl groups is 1. The van der Waals surface area contributed by atoms with Gasteiger partial charge in [-0.3, -0.25) is 86.3 Å². The highest BCUT2D eigenvalue weighted by atomic mass is 35.5. The van der Waals surface area contributed by atoms with Crippen LogP contribution in [0.3, 0.4) is 0 Å². The summed E-state index contributed by atoms with van der Waals surface area (Å²) in [5, 5.41) is 65.3. The molecular formula is C98H135BClN21O22S. The summed E-state index contributed by atoms with van der Waals surface area (Å²) in [4.78, 5) is 278. The van der Waals surface area contributed by atoms with Crippen LogP contribution in [0, 0.1) is 11.8 Å². The van der Waals surface area contributed by atoms with E-state index < -0.39 is 267 Å². The number of para-hydroxylation sites is 2. The van der Waals surface area contributed by atoms with E-state index >= 15 is 47.9 Å². The standard InChI is InChI=1S/C98H135BClN21O22S/c1-11-13-23-77-91(134)109-68(36-53(3)4)88(131)115-75(86(129)106-47-82(103)125)51-144-52-83(126)107-71(38-56-27-30-61(122)31-28-56)94(137)116(8)55(7)85(128)111-73(43-81(102)124)96(139)120-35-19-26-78(120)92(135)114-74-46-104-44-58-39-60(100)29-32-65(58)99(142)143-84(127)50-119-48-59(64-21-16-18-25-76(64)119)41-72(95(138)118(10)79(24-14-12-2)98(141)117(77)9)113-87(130)67(33-34-101)108-89(132)69(40-57-45-105-66-22-17-15-20-63(57)66)110-93(136)80-42-62(123)49-121(80)97(140)70(37-54(5)6)112-90(74)133/h15-18,20-22,25,27-32,39,45,48,53-55,62,67-75,77-80,104-105,122-123,142H,11-14,19,23-24,26,33-38,40-44,46-47,49-52,101H2,1-10H3,(H2,102,124)(H2,103,125)(H,106,129)(H,107,126)(H,108,132)(H,109,134)(H,110,136)(H,111,128)(H,112,133)(H,113,130)(H,114,135)(H,115,131)/t55-,62+,67-,68-,69-,70-,71-,72-,73-,74-,75-,77-,78-,79-,80-/m0/s1. The zero-order valence-corrected chi connectivity index (χ0v) is 84.3.